The molecule has 2 aromatic rings. The smallest absolute Gasteiger partial charge is 0.373 e. The molecule has 2 aromatic heterocycles. The fraction of sp³-hybridized carbons (Fsp3) is 0.357. The van der Waals surface area contributed by atoms with Crippen LogP contribution < -0.4 is 0 Å². The third-order valence-electron chi connectivity index (χ3n) is 2.91. The van der Waals surface area contributed by atoms with Gasteiger partial charge in [0.15, 0.2) is 5.16 Å². The van der Waals surface area contributed by atoms with E-state index in [4.69, 9.17) is 4.42 Å². The molecule has 0 N–H and O–H groups in total. The van der Waals surface area contributed by atoms with Crippen LogP contribution in [-0.2, 0) is 11.3 Å². The molecule has 1 atom stereocenters. The summed E-state index contributed by atoms with van der Waals surface area (Å²) in [6, 6.07) is 3.38. The lowest BCUT2D eigenvalue weighted by molar-refractivity contribution is 0.0563. The lowest BCUT2D eigenvalue weighted by Crippen LogP contribution is -2.01. The normalized spacial score (nSPS) is 12.1. The van der Waals surface area contributed by atoms with Gasteiger partial charge in [-0.3, -0.25) is 0 Å². The van der Waals surface area contributed by atoms with Crippen LogP contribution in [0.4, 0.5) is 0 Å². The van der Waals surface area contributed by atoms with Crippen molar-refractivity contribution in [2.24, 2.45) is 0 Å². The summed E-state index contributed by atoms with van der Waals surface area (Å²) >= 11 is 1.51. The molecule has 0 saturated heterocycles. The standard InChI is InChI=1S/C14H17N3O3S/c1-5-8-17-10(3)15-16-14(17)21-9(2)11-6-7-12(20-11)13(18)19-4/h5-7,9H,1,8H2,2-4H3. The van der Waals surface area contributed by atoms with Crippen molar-refractivity contribution in [2.45, 2.75) is 30.8 Å². The Hall–Kier alpha value is -2.02. The van der Waals surface area contributed by atoms with Gasteiger partial charge in [0.2, 0.25) is 5.76 Å². The Morgan fingerprint density at radius 3 is 3.00 bits per heavy atom. The second-order valence-corrected chi connectivity index (χ2v) is 5.69. The Balaban J connectivity index is 2.14. The van der Waals surface area contributed by atoms with Crippen molar-refractivity contribution in [3.8, 4) is 0 Å². The number of aryl methyl sites for hydroxylation is 1. The first-order valence-corrected chi connectivity index (χ1v) is 7.30. The molecule has 0 aliphatic carbocycles. The van der Waals surface area contributed by atoms with E-state index in [2.05, 4.69) is 21.5 Å². The molecule has 0 spiro atoms. The van der Waals surface area contributed by atoms with Crippen molar-refractivity contribution >= 4 is 17.7 Å². The third-order valence-corrected chi connectivity index (χ3v) is 4.01. The Morgan fingerprint density at radius 2 is 2.33 bits per heavy atom. The molecule has 0 bridgehead atoms. The summed E-state index contributed by atoms with van der Waals surface area (Å²) in [5.74, 6) is 1.23. The number of hydrogen-bond donors (Lipinski definition) is 0. The summed E-state index contributed by atoms with van der Waals surface area (Å²) in [5, 5.41) is 9.00. The molecule has 0 aromatic carbocycles. The van der Waals surface area contributed by atoms with E-state index in [1.807, 2.05) is 18.4 Å². The molecule has 0 aliphatic heterocycles. The number of methoxy groups -OCH3 is 1. The molecule has 0 saturated carbocycles. The summed E-state index contributed by atoms with van der Waals surface area (Å²) in [4.78, 5) is 11.4. The number of esters is 1. The zero-order valence-electron chi connectivity index (χ0n) is 12.2. The number of ether oxygens (including phenoxy) is 1. The lowest BCUT2D eigenvalue weighted by atomic mass is 10.3. The van der Waals surface area contributed by atoms with Crippen LogP contribution in [0, 0.1) is 6.92 Å². The van der Waals surface area contributed by atoms with E-state index >= 15 is 0 Å². The highest BCUT2D eigenvalue weighted by molar-refractivity contribution is 7.99. The van der Waals surface area contributed by atoms with Gasteiger partial charge in [-0.2, -0.15) is 0 Å². The molecule has 7 heteroatoms. The monoisotopic (exact) mass is 307 g/mol. The van der Waals surface area contributed by atoms with Crippen LogP contribution in [0.2, 0.25) is 0 Å². The van der Waals surface area contributed by atoms with Crippen molar-refractivity contribution in [1.82, 2.24) is 14.8 Å². The molecule has 6 nitrogen and oxygen atoms in total. The second kappa shape index (κ2) is 6.62. The number of aromatic nitrogens is 3. The maximum Gasteiger partial charge on any atom is 0.373 e. The van der Waals surface area contributed by atoms with Crippen LogP contribution in [-0.4, -0.2) is 27.8 Å². The van der Waals surface area contributed by atoms with Gasteiger partial charge in [-0.1, -0.05) is 17.8 Å². The molecule has 0 aliphatic rings. The fourth-order valence-electron chi connectivity index (χ4n) is 1.79. The van der Waals surface area contributed by atoms with Gasteiger partial charge in [0, 0.05) is 6.54 Å². The first-order valence-electron chi connectivity index (χ1n) is 6.42. The zero-order valence-corrected chi connectivity index (χ0v) is 13.0. The summed E-state index contributed by atoms with van der Waals surface area (Å²) in [7, 11) is 1.32. The maximum atomic E-state index is 11.4. The Morgan fingerprint density at radius 1 is 1.57 bits per heavy atom. The minimum atomic E-state index is -0.482. The van der Waals surface area contributed by atoms with Crippen LogP contribution >= 0.6 is 11.8 Å². The van der Waals surface area contributed by atoms with Crippen LogP contribution in [0.5, 0.6) is 0 Å². The maximum absolute atomic E-state index is 11.4. The predicted octanol–water partition coefficient (Wildman–Crippen LogP) is 3.01. The number of carbonyl (C=O) groups is 1. The number of rotatable bonds is 6. The summed E-state index contributed by atoms with van der Waals surface area (Å²) in [6.07, 6.45) is 1.80. The highest BCUT2D eigenvalue weighted by Crippen LogP contribution is 2.34. The van der Waals surface area contributed by atoms with E-state index in [-0.39, 0.29) is 11.0 Å². The van der Waals surface area contributed by atoms with Crippen molar-refractivity contribution in [1.29, 1.82) is 0 Å². The molecule has 2 rings (SSSR count). The summed E-state index contributed by atoms with van der Waals surface area (Å²) in [5.41, 5.74) is 0. The van der Waals surface area contributed by atoms with E-state index in [9.17, 15) is 4.79 Å². The van der Waals surface area contributed by atoms with Crippen LogP contribution in [0.15, 0.2) is 34.4 Å². The SMILES string of the molecule is C=CCn1c(C)nnc1SC(C)c1ccc(C(=O)OC)o1. The molecular formula is C14H17N3O3S. The van der Waals surface area contributed by atoms with E-state index in [1.165, 1.54) is 18.9 Å². The minimum absolute atomic E-state index is 0.00410. The minimum Gasteiger partial charge on any atom is -0.463 e. The molecule has 2 heterocycles. The van der Waals surface area contributed by atoms with Gasteiger partial charge in [0.25, 0.3) is 0 Å². The highest BCUT2D eigenvalue weighted by Gasteiger charge is 2.19. The quantitative estimate of drug-likeness (QED) is 0.464. The molecule has 1 unspecified atom stereocenters. The van der Waals surface area contributed by atoms with Crippen molar-refractivity contribution in [3.05, 3.63) is 42.1 Å². The number of nitrogens with zero attached hydrogens (tertiary/aromatic N) is 3. The first kappa shape index (κ1) is 15.4. The van der Waals surface area contributed by atoms with Crippen molar-refractivity contribution in [2.75, 3.05) is 7.11 Å². The van der Waals surface area contributed by atoms with Gasteiger partial charge >= 0.3 is 5.97 Å². The van der Waals surface area contributed by atoms with Gasteiger partial charge in [0.05, 0.1) is 12.4 Å². The van der Waals surface area contributed by atoms with Crippen molar-refractivity contribution < 1.29 is 13.9 Å². The molecule has 112 valence electrons. The van der Waals surface area contributed by atoms with E-state index in [1.54, 1.807) is 18.2 Å². The third kappa shape index (κ3) is 3.36. The highest BCUT2D eigenvalue weighted by atomic mass is 32.2. The molecule has 0 radical (unpaired) electrons. The van der Waals surface area contributed by atoms with Gasteiger partial charge in [-0.05, 0) is 26.0 Å². The molecule has 0 amide bonds. The summed E-state index contributed by atoms with van der Waals surface area (Å²) in [6.45, 7) is 8.26. The number of carbonyl (C=O) groups excluding carboxylic acids is 1. The Bertz CT molecular complexity index is 648. The number of allylic oxidation sites excluding steroid dienone is 1. The summed E-state index contributed by atoms with van der Waals surface area (Å²) < 4.78 is 12.1. The average molecular weight is 307 g/mol. The number of furan rings is 1. The largest absolute Gasteiger partial charge is 0.463 e. The van der Waals surface area contributed by atoms with Gasteiger partial charge in [-0.25, -0.2) is 4.79 Å². The fourth-order valence-corrected chi connectivity index (χ4v) is 2.77. The van der Waals surface area contributed by atoms with Crippen molar-refractivity contribution in [3.63, 3.8) is 0 Å². The van der Waals surface area contributed by atoms with Crippen LogP contribution in [0.1, 0.15) is 34.3 Å². The number of thioether (sulfide) groups is 1. The first-order chi connectivity index (χ1) is 10.1. The molecule has 0 fully saturated rings. The number of hydrogen-bond acceptors (Lipinski definition) is 6. The van der Waals surface area contributed by atoms with Crippen LogP contribution in [0.25, 0.3) is 0 Å². The van der Waals surface area contributed by atoms with Gasteiger partial charge in [-0.15, -0.1) is 16.8 Å². The zero-order chi connectivity index (χ0) is 15.4. The van der Waals surface area contributed by atoms with E-state index < -0.39 is 5.97 Å². The topological polar surface area (TPSA) is 70.2 Å². The average Bonchev–Trinajstić information content (AvgIpc) is 3.08. The second-order valence-electron chi connectivity index (χ2n) is 4.38. The van der Waals surface area contributed by atoms with E-state index in [0.717, 1.165) is 11.0 Å². The van der Waals surface area contributed by atoms with Gasteiger partial charge < -0.3 is 13.7 Å². The predicted molar refractivity (Wildman–Crippen MR) is 79.3 cm³/mol. The Kier molecular flexibility index (Phi) is 4.85. The lowest BCUT2D eigenvalue weighted by Gasteiger charge is -2.09. The van der Waals surface area contributed by atoms with E-state index in [0.29, 0.717) is 12.3 Å². The molecule has 21 heavy (non-hydrogen) atoms. The van der Waals surface area contributed by atoms with Gasteiger partial charge in [0.1, 0.15) is 11.6 Å². The van der Waals surface area contributed by atoms with Crippen LogP contribution in [0.3, 0.4) is 0 Å². The molecular weight excluding hydrogens is 290 g/mol. The Labute approximate surface area is 127 Å².